The molecule has 1 N–H and O–H groups in total. The Morgan fingerprint density at radius 2 is 1.58 bits per heavy atom. The second-order valence-electron chi connectivity index (χ2n) is 10.3. The summed E-state index contributed by atoms with van der Waals surface area (Å²) < 4.78 is 31.9. The minimum atomic E-state index is -0.998. The number of nitrogens with one attached hydrogen (secondary N) is 1. The lowest BCUT2D eigenvalue weighted by Gasteiger charge is -2.36. The van der Waals surface area contributed by atoms with E-state index in [0.29, 0.717) is 5.56 Å². The summed E-state index contributed by atoms with van der Waals surface area (Å²) in [5.74, 6) is -1.92. The highest BCUT2D eigenvalue weighted by atomic mass is 16.9. The summed E-state index contributed by atoms with van der Waals surface area (Å²) in [6.45, 7) is 0. The van der Waals surface area contributed by atoms with E-state index < -0.39 is 53.1 Å². The van der Waals surface area contributed by atoms with Crippen molar-refractivity contribution in [1.82, 2.24) is 5.43 Å². The number of non-ortho nitro benzene ring substituents is 1. The molecule has 36 heavy (non-hydrogen) atoms. The number of nitrogens with zero attached hydrogens (tertiary/aromatic N) is 2. The zero-order valence-corrected chi connectivity index (χ0v) is 20.0. The van der Waals surface area contributed by atoms with Crippen molar-refractivity contribution in [2.75, 3.05) is 0 Å². The van der Waals surface area contributed by atoms with Gasteiger partial charge in [-0.3, -0.25) is 14.9 Å². The summed E-state index contributed by atoms with van der Waals surface area (Å²) in [5.41, 5.74) is 2.94. The Morgan fingerprint density at radius 1 is 0.944 bits per heavy atom. The van der Waals surface area contributed by atoms with Crippen LogP contribution in [-0.4, -0.2) is 59.3 Å². The van der Waals surface area contributed by atoms with Crippen LogP contribution in [0.15, 0.2) is 29.4 Å². The Morgan fingerprint density at radius 3 is 2.28 bits per heavy atom. The van der Waals surface area contributed by atoms with Gasteiger partial charge in [-0.15, -0.1) is 0 Å². The van der Waals surface area contributed by atoms with Crippen molar-refractivity contribution < 1.29 is 33.4 Å². The number of hydrogen-bond acceptors (Lipinski definition) is 9. The molecule has 3 aliphatic heterocycles. The summed E-state index contributed by atoms with van der Waals surface area (Å²) in [6.07, 6.45) is 7.44. The third kappa shape index (κ3) is 4.43. The first kappa shape index (κ1) is 23.9. The SMILES string of the molecule is O=C(N/N=C/c1cccc([N+](=O)[O-])c1)[C@H]1O[C@@H]2OC3(CCCCC3)O[C@@H]2[C@H]2OC3(CCCCC3)O[C@H]21. The van der Waals surface area contributed by atoms with E-state index in [9.17, 15) is 14.9 Å². The highest BCUT2D eigenvalue weighted by molar-refractivity contribution is 5.85. The molecule has 2 aliphatic carbocycles. The predicted octanol–water partition coefficient (Wildman–Crippen LogP) is 3.29. The monoisotopic (exact) mass is 501 g/mol. The molecular formula is C25H31N3O8. The maximum atomic E-state index is 13.2. The van der Waals surface area contributed by atoms with Gasteiger partial charge >= 0.3 is 0 Å². The summed E-state index contributed by atoms with van der Waals surface area (Å²) in [4.78, 5) is 23.8. The van der Waals surface area contributed by atoms with Crippen LogP contribution in [0.2, 0.25) is 0 Å². The molecule has 11 heteroatoms. The van der Waals surface area contributed by atoms with E-state index >= 15 is 0 Å². The predicted molar refractivity (Wildman–Crippen MR) is 125 cm³/mol. The molecular weight excluding hydrogens is 470 g/mol. The molecule has 1 amide bonds. The lowest BCUT2D eigenvalue weighted by Crippen LogP contribution is -2.59. The number of carbonyl (C=O) groups excluding carboxylic acids is 1. The Bertz CT molecular complexity index is 1040. The maximum Gasteiger partial charge on any atom is 0.272 e. The van der Waals surface area contributed by atoms with Crippen LogP contribution in [-0.2, 0) is 28.5 Å². The Balaban J connectivity index is 1.20. The zero-order valence-electron chi connectivity index (χ0n) is 20.0. The summed E-state index contributed by atoms with van der Waals surface area (Å²) in [7, 11) is 0. The van der Waals surface area contributed by atoms with Gasteiger partial charge in [0.05, 0.1) is 11.1 Å². The van der Waals surface area contributed by atoms with Crippen molar-refractivity contribution in [2.24, 2.45) is 5.10 Å². The summed E-state index contributed by atoms with van der Waals surface area (Å²) >= 11 is 0. The molecule has 1 aromatic rings. The number of hydrogen-bond donors (Lipinski definition) is 1. The molecule has 5 fully saturated rings. The summed E-state index contributed by atoms with van der Waals surface area (Å²) in [5, 5.41) is 15.0. The molecule has 3 heterocycles. The largest absolute Gasteiger partial charge is 0.341 e. The van der Waals surface area contributed by atoms with Gasteiger partial charge in [0, 0.05) is 43.4 Å². The van der Waals surface area contributed by atoms with Crippen molar-refractivity contribution in [1.29, 1.82) is 0 Å². The molecule has 3 saturated heterocycles. The van der Waals surface area contributed by atoms with Crippen molar-refractivity contribution >= 4 is 17.8 Å². The molecule has 0 aromatic heterocycles. The Labute approximate surface area is 208 Å². The molecule has 5 atom stereocenters. The number of amides is 1. The molecule has 0 radical (unpaired) electrons. The molecule has 6 rings (SSSR count). The minimum absolute atomic E-state index is 0.0564. The molecule has 5 aliphatic rings. The number of rotatable bonds is 4. The molecule has 194 valence electrons. The van der Waals surface area contributed by atoms with Crippen molar-refractivity contribution in [2.45, 2.75) is 106 Å². The van der Waals surface area contributed by atoms with E-state index in [1.54, 1.807) is 12.1 Å². The minimum Gasteiger partial charge on any atom is -0.341 e. The highest BCUT2D eigenvalue weighted by Gasteiger charge is 2.65. The topological polar surface area (TPSA) is 131 Å². The first-order valence-electron chi connectivity index (χ1n) is 12.9. The van der Waals surface area contributed by atoms with Crippen LogP contribution in [0.5, 0.6) is 0 Å². The Hall–Kier alpha value is -2.44. The fourth-order valence-corrected chi connectivity index (χ4v) is 6.12. The Kier molecular flexibility index (Phi) is 6.29. The van der Waals surface area contributed by atoms with Crippen molar-refractivity contribution in [3.63, 3.8) is 0 Å². The molecule has 2 saturated carbocycles. The number of hydrazone groups is 1. The average Bonchev–Trinajstić information content (AvgIpc) is 3.42. The number of carbonyl (C=O) groups is 1. The number of nitro benzene ring substituents is 1. The van der Waals surface area contributed by atoms with Crippen LogP contribution < -0.4 is 5.43 Å². The highest BCUT2D eigenvalue weighted by Crippen LogP contribution is 2.50. The van der Waals surface area contributed by atoms with E-state index in [1.807, 2.05) is 0 Å². The van der Waals surface area contributed by atoms with Gasteiger partial charge in [0.15, 0.2) is 24.0 Å². The maximum absolute atomic E-state index is 13.2. The molecule has 2 spiro atoms. The summed E-state index contributed by atoms with van der Waals surface area (Å²) in [6, 6.07) is 5.99. The fraction of sp³-hybridized carbons (Fsp3) is 0.680. The number of fused-ring (bicyclic) bond motifs is 3. The molecule has 11 nitrogen and oxygen atoms in total. The van der Waals surface area contributed by atoms with Gasteiger partial charge in [-0.25, -0.2) is 5.43 Å². The normalized spacial score (nSPS) is 34.5. The van der Waals surface area contributed by atoms with E-state index in [1.165, 1.54) is 18.3 Å². The van der Waals surface area contributed by atoms with Crippen LogP contribution in [0.3, 0.4) is 0 Å². The van der Waals surface area contributed by atoms with Gasteiger partial charge in [0.1, 0.15) is 18.3 Å². The van der Waals surface area contributed by atoms with Crippen LogP contribution >= 0.6 is 0 Å². The van der Waals surface area contributed by atoms with E-state index in [0.717, 1.165) is 64.2 Å². The van der Waals surface area contributed by atoms with Crippen molar-refractivity contribution in [3.05, 3.63) is 39.9 Å². The second-order valence-corrected chi connectivity index (χ2v) is 10.3. The van der Waals surface area contributed by atoms with Gasteiger partial charge in [0.25, 0.3) is 11.6 Å². The molecule has 1 aromatic carbocycles. The second kappa shape index (κ2) is 9.46. The van der Waals surface area contributed by atoms with E-state index in [2.05, 4.69) is 10.5 Å². The van der Waals surface area contributed by atoms with E-state index in [4.69, 9.17) is 23.7 Å². The number of nitro groups is 1. The number of benzene rings is 1. The first-order chi connectivity index (χ1) is 17.5. The van der Waals surface area contributed by atoms with Crippen LogP contribution in [0.1, 0.15) is 69.8 Å². The van der Waals surface area contributed by atoms with Crippen molar-refractivity contribution in [3.8, 4) is 0 Å². The standard InChI is InChI=1S/C25H31N3O8/c29-22(27-26-15-16-8-7-9-17(14-16)28(30)31)20-18-19(34-24(33-18)10-3-1-4-11-24)21-23(32-20)36-25(35-21)12-5-2-6-13-25/h7-9,14-15,18-21,23H,1-6,10-13H2,(H,27,29)/b26-15+/t18-,19+,20+,21-,23-/m1/s1. The van der Waals surface area contributed by atoms with Gasteiger partial charge in [-0.05, 0) is 25.7 Å². The van der Waals surface area contributed by atoms with E-state index in [-0.39, 0.29) is 5.69 Å². The molecule has 0 unspecified atom stereocenters. The van der Waals surface area contributed by atoms with Crippen LogP contribution in [0.4, 0.5) is 5.69 Å². The van der Waals surface area contributed by atoms with Gasteiger partial charge in [-0.2, -0.15) is 5.10 Å². The van der Waals surface area contributed by atoms with Gasteiger partial charge < -0.3 is 23.7 Å². The fourth-order valence-electron chi connectivity index (χ4n) is 6.12. The lowest BCUT2D eigenvalue weighted by molar-refractivity contribution is -0.384. The third-order valence-corrected chi connectivity index (χ3v) is 7.84. The third-order valence-electron chi connectivity index (χ3n) is 7.84. The van der Waals surface area contributed by atoms with Gasteiger partial charge in [0.2, 0.25) is 0 Å². The molecule has 0 bridgehead atoms. The number of ether oxygens (including phenoxy) is 5. The quantitative estimate of drug-likeness (QED) is 0.378. The zero-order chi connectivity index (χ0) is 24.8. The first-order valence-corrected chi connectivity index (χ1v) is 12.9. The van der Waals surface area contributed by atoms with Crippen LogP contribution in [0.25, 0.3) is 0 Å². The van der Waals surface area contributed by atoms with Gasteiger partial charge in [-0.1, -0.05) is 25.0 Å². The average molecular weight is 502 g/mol. The smallest absolute Gasteiger partial charge is 0.272 e. The lowest BCUT2D eigenvalue weighted by atomic mass is 9.94. The van der Waals surface area contributed by atoms with Crippen LogP contribution in [0, 0.1) is 10.1 Å².